The van der Waals surface area contributed by atoms with Crippen molar-refractivity contribution < 1.29 is 38.7 Å². The fourth-order valence-electron chi connectivity index (χ4n) is 13.6. The second kappa shape index (κ2) is 22.1. The normalized spacial score (nSPS) is 23.3. The molecule has 3 aliphatic heterocycles. The number of imide groups is 2. The summed E-state index contributed by atoms with van der Waals surface area (Å²) in [6.07, 6.45) is 14.2. The van der Waals surface area contributed by atoms with Crippen LogP contribution in [0.5, 0.6) is 0 Å². The number of carboxylic acids is 1. The molecule has 2 aromatic carbocycles. The van der Waals surface area contributed by atoms with Gasteiger partial charge < -0.3 is 20.6 Å². The Morgan fingerprint density at radius 1 is 0.859 bits per heavy atom. The van der Waals surface area contributed by atoms with Crippen molar-refractivity contribution in [2.24, 2.45) is 22.7 Å². The maximum atomic E-state index is 14.4. The number of hydrogen-bond acceptors (Lipinski definition) is 13. The topological polar surface area (TPSA) is 238 Å². The molecule has 1 saturated heterocycles. The summed E-state index contributed by atoms with van der Waals surface area (Å²) < 4.78 is 2.99. The Hall–Kier alpha value is -7.54. The number of aromatic carboxylic acids is 1. The zero-order valence-electron chi connectivity index (χ0n) is 45.0. The van der Waals surface area contributed by atoms with E-state index in [-0.39, 0.29) is 46.9 Å². The summed E-state index contributed by atoms with van der Waals surface area (Å²) in [4.78, 5) is 104. The van der Waals surface area contributed by atoms with Crippen molar-refractivity contribution in [2.75, 3.05) is 35.2 Å². The molecule has 19 heteroatoms. The molecule has 3 aromatic heterocycles. The van der Waals surface area contributed by atoms with Crippen LogP contribution in [-0.2, 0) is 33.9 Å². The van der Waals surface area contributed by atoms with Gasteiger partial charge in [-0.25, -0.2) is 14.8 Å². The van der Waals surface area contributed by atoms with Gasteiger partial charge in [0.15, 0.2) is 10.8 Å². The van der Waals surface area contributed by atoms with Gasteiger partial charge in [-0.3, -0.25) is 49.0 Å². The lowest BCUT2D eigenvalue weighted by Gasteiger charge is -2.55. The van der Waals surface area contributed by atoms with E-state index in [0.717, 1.165) is 89.4 Å². The van der Waals surface area contributed by atoms with Crippen LogP contribution in [0.2, 0.25) is 0 Å². The first-order valence-electron chi connectivity index (χ1n) is 27.4. The zero-order chi connectivity index (χ0) is 55.0. The number of hydrogen-bond donors (Lipinski definition) is 5. The lowest BCUT2D eigenvalue weighted by molar-refractivity contribution is -0.146. The van der Waals surface area contributed by atoms with Gasteiger partial charge in [0.25, 0.3) is 17.7 Å². The molecule has 3 unspecified atom stereocenters. The van der Waals surface area contributed by atoms with Crippen LogP contribution in [0.3, 0.4) is 0 Å². The van der Waals surface area contributed by atoms with E-state index in [2.05, 4.69) is 40.1 Å². The maximum Gasteiger partial charge on any atom is 0.355 e. The largest absolute Gasteiger partial charge is 0.476 e. The predicted octanol–water partition coefficient (Wildman–Crippen LogP) is 7.24. The van der Waals surface area contributed by atoms with E-state index >= 15 is 0 Å². The quantitative estimate of drug-likeness (QED) is 0.0457. The number of amides is 6. The second-order valence-corrected chi connectivity index (χ2v) is 23.4. The molecule has 5 aliphatic rings. The summed E-state index contributed by atoms with van der Waals surface area (Å²) in [6, 6.07) is 13.4. The summed E-state index contributed by atoms with van der Waals surface area (Å²) in [5.74, 6) is -2.26. The van der Waals surface area contributed by atoms with E-state index in [1.165, 1.54) is 11.3 Å². The SMILES string of the molecule is C/C=c1/nc(NC(=O)c2cccc3c2CN(c2ccc(-c4cnn(CC56CC(C)CC(C(=O)NCCCCCCNc7cccc8c7C(=O)N(C7CCC(=O)NC7=O)C8=O)(CC(C)C5)C6)c4C)c(C(=O)O)n2)CC3)s/c1=C/C. The molecule has 3 atom stereocenters. The third-order valence-corrected chi connectivity index (χ3v) is 17.7. The van der Waals surface area contributed by atoms with Crippen LogP contribution < -0.4 is 36.0 Å². The van der Waals surface area contributed by atoms with Crippen molar-refractivity contribution in [3.8, 4) is 11.1 Å². The number of nitrogens with one attached hydrogen (secondary N) is 4. The summed E-state index contributed by atoms with van der Waals surface area (Å²) in [5, 5.41) is 28.8. The van der Waals surface area contributed by atoms with Crippen molar-refractivity contribution in [1.29, 1.82) is 0 Å². The van der Waals surface area contributed by atoms with Crippen LogP contribution in [0.4, 0.5) is 16.6 Å². The van der Waals surface area contributed by atoms with Gasteiger partial charge in [0.1, 0.15) is 11.9 Å². The van der Waals surface area contributed by atoms with E-state index < -0.39 is 41.1 Å². The Morgan fingerprint density at radius 2 is 1.62 bits per heavy atom. The van der Waals surface area contributed by atoms with Gasteiger partial charge in [-0.15, -0.1) is 0 Å². The summed E-state index contributed by atoms with van der Waals surface area (Å²) >= 11 is 1.42. The van der Waals surface area contributed by atoms with Crippen LogP contribution in [0.1, 0.15) is 157 Å². The smallest absolute Gasteiger partial charge is 0.355 e. The number of aromatic nitrogens is 4. The molecule has 5 aromatic rings. The van der Waals surface area contributed by atoms with Crippen LogP contribution in [0.15, 0.2) is 54.7 Å². The average molecular weight is 1080 g/mol. The number of carbonyl (C=O) groups excluding carboxylic acids is 6. The highest BCUT2D eigenvalue weighted by molar-refractivity contribution is 7.13. The maximum absolute atomic E-state index is 14.4. The Kier molecular flexibility index (Phi) is 15.2. The van der Waals surface area contributed by atoms with Crippen LogP contribution in [0, 0.1) is 29.6 Å². The first kappa shape index (κ1) is 53.8. The average Bonchev–Trinajstić information content (AvgIpc) is 4.12. The van der Waals surface area contributed by atoms with Gasteiger partial charge in [0.05, 0.1) is 32.6 Å². The monoisotopic (exact) mass is 1080 g/mol. The standard InChI is InChI=1S/C59H68N10O8S/c1-6-43-46(7-2)78-57(63-43)66-51(71)39-15-12-14-37-22-25-67(31-42(37)39)47-20-18-38(50(64-47)55(75)76)41-30-62-68(36(41)5)33-58-26-34(3)28-59(32-58,29-35(4)27-58)56(77)61-24-11-9-8-10-23-60-44-17-13-16-40-49(44)54(74)69(53(40)73)45-19-21-48(70)65-52(45)72/h6-7,12-18,20,30,34-35,45,60H,8-11,19,21-29,31-33H2,1-5H3,(H,61,77)(H,75,76)(H,63,66,71)(H,65,70,72)/b43-6+,46-7+. The van der Waals surface area contributed by atoms with E-state index in [9.17, 15) is 38.7 Å². The molecule has 10 rings (SSSR count). The van der Waals surface area contributed by atoms with Gasteiger partial charge in [-0.05, 0) is 137 Å². The molecule has 5 N–H and O–H groups in total. The molecular weight excluding hydrogens is 1010 g/mol. The number of rotatable bonds is 17. The molecular formula is C59H68N10O8S. The minimum absolute atomic E-state index is 0.0585. The van der Waals surface area contributed by atoms with Crippen LogP contribution >= 0.6 is 11.3 Å². The number of nitrogens with zero attached hydrogens (tertiary/aromatic N) is 6. The number of pyridine rings is 1. The van der Waals surface area contributed by atoms with Crippen molar-refractivity contribution in [3.05, 3.63) is 104 Å². The number of carboxylic acid groups (broad SMARTS) is 1. The van der Waals surface area contributed by atoms with Gasteiger partial charge >= 0.3 is 5.97 Å². The molecule has 18 nitrogen and oxygen atoms in total. The predicted molar refractivity (Wildman–Crippen MR) is 297 cm³/mol. The van der Waals surface area contributed by atoms with E-state index in [1.807, 2.05) is 72.8 Å². The molecule has 2 aliphatic carbocycles. The van der Waals surface area contributed by atoms with Crippen LogP contribution in [0.25, 0.3) is 23.3 Å². The molecule has 0 radical (unpaired) electrons. The number of thiazole rings is 1. The highest BCUT2D eigenvalue weighted by Crippen LogP contribution is 2.60. The summed E-state index contributed by atoms with van der Waals surface area (Å²) in [6.45, 7) is 13.1. The van der Waals surface area contributed by atoms with Gasteiger partial charge in [0.2, 0.25) is 17.7 Å². The first-order valence-corrected chi connectivity index (χ1v) is 28.2. The molecule has 408 valence electrons. The number of carbonyl (C=O) groups is 7. The number of fused-ring (bicyclic) bond motifs is 4. The van der Waals surface area contributed by atoms with E-state index in [1.54, 1.807) is 24.4 Å². The lowest BCUT2D eigenvalue weighted by Crippen LogP contribution is -2.54. The molecule has 3 fully saturated rings. The summed E-state index contributed by atoms with van der Waals surface area (Å²) in [7, 11) is 0. The number of benzene rings is 2. The van der Waals surface area contributed by atoms with Gasteiger partial charge in [-0.1, -0.05) is 68.4 Å². The Balaban J connectivity index is 0.747. The molecule has 6 amide bonds. The van der Waals surface area contributed by atoms with Crippen molar-refractivity contribution in [1.82, 2.24) is 35.3 Å². The second-order valence-electron chi connectivity index (χ2n) is 22.3. The lowest BCUT2D eigenvalue weighted by atomic mass is 9.50. The van der Waals surface area contributed by atoms with Crippen LogP contribution in [-0.4, -0.2) is 96.8 Å². The number of unbranched alkanes of at least 4 members (excludes halogenated alkanes) is 3. The minimum Gasteiger partial charge on any atom is -0.476 e. The van der Waals surface area contributed by atoms with Crippen molar-refractivity contribution in [3.63, 3.8) is 0 Å². The fourth-order valence-corrected chi connectivity index (χ4v) is 14.5. The molecule has 2 saturated carbocycles. The minimum atomic E-state index is -1.15. The summed E-state index contributed by atoms with van der Waals surface area (Å²) in [5.41, 5.74) is 4.76. The molecule has 6 heterocycles. The molecule has 2 bridgehead atoms. The Bertz CT molecular complexity index is 3340. The Labute approximate surface area is 457 Å². The Morgan fingerprint density at radius 3 is 2.33 bits per heavy atom. The first-order chi connectivity index (χ1) is 37.5. The van der Waals surface area contributed by atoms with E-state index in [4.69, 9.17) is 10.1 Å². The zero-order valence-corrected chi connectivity index (χ0v) is 45.8. The number of piperidine rings is 1. The van der Waals surface area contributed by atoms with Gasteiger partial charge in [-0.2, -0.15) is 5.10 Å². The molecule has 0 spiro atoms. The van der Waals surface area contributed by atoms with Crippen molar-refractivity contribution in [2.45, 2.75) is 131 Å². The molecule has 78 heavy (non-hydrogen) atoms. The number of anilines is 3. The van der Waals surface area contributed by atoms with Gasteiger partial charge in [0, 0.05) is 67.2 Å². The third-order valence-electron chi connectivity index (χ3n) is 16.6. The highest BCUT2D eigenvalue weighted by atomic mass is 32.1. The van der Waals surface area contributed by atoms with E-state index in [0.29, 0.717) is 84.3 Å². The van der Waals surface area contributed by atoms with Crippen molar-refractivity contribution >= 4 is 81.5 Å². The fraction of sp³-hybridized carbons (Fsp3) is 0.458. The highest BCUT2D eigenvalue weighted by Gasteiger charge is 2.56. The third kappa shape index (κ3) is 10.5.